The molecule has 0 saturated heterocycles. The molecule has 0 saturated carbocycles. The predicted molar refractivity (Wildman–Crippen MR) is 75.3 cm³/mol. The molecule has 1 aromatic carbocycles. The zero-order valence-corrected chi connectivity index (χ0v) is 12.1. The minimum Gasteiger partial charge on any atom is -0.493 e. The number of hydrazine groups is 1. The topological polar surface area (TPSA) is 65.7 Å². The van der Waals surface area contributed by atoms with E-state index in [2.05, 4.69) is 12.3 Å². The standard InChI is InChI=1S/C14H24N2O3/c1-5-6-12(18-3)14(16-15)10-7-8-11(17-2)13(9-10)19-4/h7-9,12,14,16H,5-6,15H2,1-4H3. The zero-order chi connectivity index (χ0) is 14.3. The number of rotatable bonds is 8. The molecule has 0 amide bonds. The normalized spacial score (nSPS) is 13.9. The van der Waals surface area contributed by atoms with E-state index in [1.54, 1.807) is 21.3 Å². The van der Waals surface area contributed by atoms with Crippen LogP contribution in [0, 0.1) is 0 Å². The first kappa shape index (κ1) is 15.8. The quantitative estimate of drug-likeness (QED) is 0.558. The van der Waals surface area contributed by atoms with Crippen LogP contribution in [-0.2, 0) is 4.74 Å². The van der Waals surface area contributed by atoms with E-state index in [0.29, 0.717) is 11.5 Å². The summed E-state index contributed by atoms with van der Waals surface area (Å²) in [4.78, 5) is 0. The highest BCUT2D eigenvalue weighted by atomic mass is 16.5. The van der Waals surface area contributed by atoms with Crippen molar-refractivity contribution in [3.63, 3.8) is 0 Å². The molecule has 1 aromatic rings. The first-order valence-electron chi connectivity index (χ1n) is 6.42. The molecule has 0 aliphatic carbocycles. The first-order chi connectivity index (χ1) is 9.21. The van der Waals surface area contributed by atoms with E-state index in [1.165, 1.54) is 0 Å². The van der Waals surface area contributed by atoms with Gasteiger partial charge in [-0.3, -0.25) is 11.3 Å². The number of nitrogens with one attached hydrogen (secondary N) is 1. The van der Waals surface area contributed by atoms with Gasteiger partial charge in [-0.1, -0.05) is 19.4 Å². The van der Waals surface area contributed by atoms with Crippen molar-refractivity contribution >= 4 is 0 Å². The average Bonchev–Trinajstić information content (AvgIpc) is 2.46. The van der Waals surface area contributed by atoms with Gasteiger partial charge in [-0.15, -0.1) is 0 Å². The van der Waals surface area contributed by atoms with Crippen molar-refractivity contribution in [2.45, 2.75) is 31.9 Å². The van der Waals surface area contributed by atoms with Gasteiger partial charge in [-0.2, -0.15) is 0 Å². The van der Waals surface area contributed by atoms with Gasteiger partial charge < -0.3 is 14.2 Å². The zero-order valence-electron chi connectivity index (χ0n) is 12.1. The van der Waals surface area contributed by atoms with Crippen LogP contribution in [0.3, 0.4) is 0 Å². The molecule has 108 valence electrons. The highest BCUT2D eigenvalue weighted by Crippen LogP contribution is 2.31. The molecule has 0 bridgehead atoms. The summed E-state index contributed by atoms with van der Waals surface area (Å²) in [5, 5.41) is 0. The Hall–Kier alpha value is -1.30. The maximum absolute atomic E-state index is 5.67. The second-order valence-electron chi connectivity index (χ2n) is 4.32. The lowest BCUT2D eigenvalue weighted by Gasteiger charge is -2.26. The van der Waals surface area contributed by atoms with E-state index in [1.807, 2.05) is 18.2 Å². The Balaban J connectivity index is 3.03. The smallest absolute Gasteiger partial charge is 0.161 e. The first-order valence-corrected chi connectivity index (χ1v) is 6.42. The summed E-state index contributed by atoms with van der Waals surface area (Å²) in [6, 6.07) is 5.68. The van der Waals surface area contributed by atoms with Crippen molar-refractivity contribution < 1.29 is 14.2 Å². The number of methoxy groups -OCH3 is 3. The molecule has 5 heteroatoms. The molecule has 0 aliphatic rings. The predicted octanol–water partition coefficient (Wildman–Crippen LogP) is 2.02. The molecule has 1 rings (SSSR count). The summed E-state index contributed by atoms with van der Waals surface area (Å²) >= 11 is 0. The van der Waals surface area contributed by atoms with E-state index >= 15 is 0 Å². The summed E-state index contributed by atoms with van der Waals surface area (Å²) < 4.78 is 16.1. The van der Waals surface area contributed by atoms with Crippen LogP contribution in [0.25, 0.3) is 0 Å². The van der Waals surface area contributed by atoms with E-state index in [4.69, 9.17) is 20.1 Å². The van der Waals surface area contributed by atoms with Crippen LogP contribution in [0.15, 0.2) is 18.2 Å². The third kappa shape index (κ3) is 3.83. The molecule has 0 fully saturated rings. The number of benzene rings is 1. The Morgan fingerprint density at radius 2 is 1.84 bits per heavy atom. The van der Waals surface area contributed by atoms with Gasteiger partial charge in [0.15, 0.2) is 11.5 Å². The molecule has 2 unspecified atom stereocenters. The number of ether oxygens (including phenoxy) is 3. The summed E-state index contributed by atoms with van der Waals surface area (Å²) in [6.45, 7) is 2.12. The number of nitrogens with two attached hydrogens (primary N) is 1. The van der Waals surface area contributed by atoms with Gasteiger partial charge in [0.2, 0.25) is 0 Å². The van der Waals surface area contributed by atoms with Crippen LogP contribution < -0.4 is 20.7 Å². The number of hydrogen-bond donors (Lipinski definition) is 2. The molecule has 0 aromatic heterocycles. The highest BCUT2D eigenvalue weighted by molar-refractivity contribution is 5.44. The Morgan fingerprint density at radius 1 is 1.16 bits per heavy atom. The fourth-order valence-electron chi connectivity index (χ4n) is 2.17. The van der Waals surface area contributed by atoms with Crippen LogP contribution in [-0.4, -0.2) is 27.4 Å². The van der Waals surface area contributed by atoms with Crippen molar-refractivity contribution in [2.75, 3.05) is 21.3 Å². The van der Waals surface area contributed by atoms with Crippen molar-refractivity contribution in [1.29, 1.82) is 0 Å². The molecule has 0 spiro atoms. The van der Waals surface area contributed by atoms with Crippen LogP contribution in [0.2, 0.25) is 0 Å². The van der Waals surface area contributed by atoms with Gasteiger partial charge in [-0.05, 0) is 24.1 Å². The maximum atomic E-state index is 5.67. The molecular weight excluding hydrogens is 244 g/mol. The summed E-state index contributed by atoms with van der Waals surface area (Å²) in [6.07, 6.45) is 1.98. The van der Waals surface area contributed by atoms with Crippen LogP contribution in [0.5, 0.6) is 11.5 Å². The minimum atomic E-state index is -0.0789. The Labute approximate surface area is 115 Å². The van der Waals surface area contributed by atoms with Crippen molar-refractivity contribution in [3.8, 4) is 11.5 Å². The molecule has 0 heterocycles. The van der Waals surface area contributed by atoms with Gasteiger partial charge in [0.1, 0.15) is 0 Å². The van der Waals surface area contributed by atoms with Gasteiger partial charge in [-0.25, -0.2) is 0 Å². The lowest BCUT2D eigenvalue weighted by atomic mass is 9.98. The van der Waals surface area contributed by atoms with E-state index in [-0.39, 0.29) is 12.1 Å². The maximum Gasteiger partial charge on any atom is 0.161 e. The van der Waals surface area contributed by atoms with Gasteiger partial charge >= 0.3 is 0 Å². The van der Waals surface area contributed by atoms with Gasteiger partial charge in [0.05, 0.1) is 26.4 Å². The Kier molecular flexibility index (Phi) is 6.62. The van der Waals surface area contributed by atoms with Crippen LogP contribution in [0.1, 0.15) is 31.4 Å². The molecular formula is C14H24N2O3. The van der Waals surface area contributed by atoms with Crippen molar-refractivity contribution in [2.24, 2.45) is 5.84 Å². The number of hydrogen-bond acceptors (Lipinski definition) is 5. The van der Waals surface area contributed by atoms with E-state index in [0.717, 1.165) is 18.4 Å². The van der Waals surface area contributed by atoms with Crippen LogP contribution in [0.4, 0.5) is 0 Å². The Morgan fingerprint density at radius 3 is 2.32 bits per heavy atom. The Bertz CT molecular complexity index is 385. The van der Waals surface area contributed by atoms with Crippen molar-refractivity contribution in [1.82, 2.24) is 5.43 Å². The average molecular weight is 268 g/mol. The second-order valence-corrected chi connectivity index (χ2v) is 4.32. The lowest BCUT2D eigenvalue weighted by Crippen LogP contribution is -2.37. The molecule has 3 N–H and O–H groups in total. The third-order valence-electron chi connectivity index (χ3n) is 3.19. The molecule has 5 nitrogen and oxygen atoms in total. The van der Waals surface area contributed by atoms with Gasteiger partial charge in [0, 0.05) is 7.11 Å². The molecule has 19 heavy (non-hydrogen) atoms. The largest absolute Gasteiger partial charge is 0.493 e. The fraction of sp³-hybridized carbons (Fsp3) is 0.571. The molecule has 0 aliphatic heterocycles. The SMILES string of the molecule is CCCC(OC)C(NN)c1ccc(OC)c(OC)c1. The monoisotopic (exact) mass is 268 g/mol. The lowest BCUT2D eigenvalue weighted by molar-refractivity contribution is 0.0605. The third-order valence-corrected chi connectivity index (χ3v) is 3.19. The fourth-order valence-corrected chi connectivity index (χ4v) is 2.17. The second kappa shape index (κ2) is 7.99. The van der Waals surface area contributed by atoms with Gasteiger partial charge in [0.25, 0.3) is 0 Å². The highest BCUT2D eigenvalue weighted by Gasteiger charge is 2.22. The summed E-state index contributed by atoms with van der Waals surface area (Å²) in [7, 11) is 4.93. The van der Waals surface area contributed by atoms with Crippen LogP contribution >= 0.6 is 0 Å². The van der Waals surface area contributed by atoms with Crippen molar-refractivity contribution in [3.05, 3.63) is 23.8 Å². The molecule has 2 atom stereocenters. The molecule has 0 radical (unpaired) electrons. The van der Waals surface area contributed by atoms with E-state index < -0.39 is 0 Å². The minimum absolute atomic E-state index is 0.0214. The summed E-state index contributed by atoms with van der Waals surface area (Å²) in [5.41, 5.74) is 3.84. The summed E-state index contributed by atoms with van der Waals surface area (Å²) in [5.74, 6) is 7.06. The van der Waals surface area contributed by atoms with E-state index in [9.17, 15) is 0 Å².